The Balaban J connectivity index is 1.15. The van der Waals surface area contributed by atoms with E-state index < -0.39 is 0 Å². The molecule has 0 amide bonds. The van der Waals surface area contributed by atoms with Gasteiger partial charge in [0.1, 0.15) is 11.5 Å². The first kappa shape index (κ1) is 29.2. The predicted molar refractivity (Wildman–Crippen MR) is 146 cm³/mol. The van der Waals surface area contributed by atoms with Gasteiger partial charge in [0, 0.05) is 96.2 Å². The maximum atomic E-state index is 5.97. The molecule has 4 rings (SSSR count). The molecule has 38 heavy (non-hydrogen) atoms. The molecule has 2 saturated heterocycles. The molecule has 2 aromatic heterocycles. The first-order valence-electron chi connectivity index (χ1n) is 14.3. The Labute approximate surface area is 228 Å². The van der Waals surface area contributed by atoms with E-state index in [0.717, 1.165) is 121 Å². The number of hydrogen-bond donors (Lipinski definition) is 0. The summed E-state index contributed by atoms with van der Waals surface area (Å²) in [4.78, 5) is 10.4. The Bertz CT molecular complexity index is 936. The molecule has 2 fully saturated rings. The van der Waals surface area contributed by atoms with E-state index in [1.165, 1.54) is 0 Å². The highest BCUT2D eigenvalue weighted by Crippen LogP contribution is 2.20. The van der Waals surface area contributed by atoms with Gasteiger partial charge in [-0.25, -0.2) is 0 Å². The number of aromatic nitrogens is 2. The Morgan fingerprint density at radius 2 is 1.47 bits per heavy atom. The van der Waals surface area contributed by atoms with Crippen molar-refractivity contribution in [3.63, 3.8) is 0 Å². The van der Waals surface area contributed by atoms with E-state index in [1.807, 2.05) is 26.0 Å². The normalized spacial score (nSPS) is 22.4. The minimum Gasteiger partial charge on any atom is -0.381 e. The third-order valence-corrected chi connectivity index (χ3v) is 7.82. The maximum absolute atomic E-state index is 5.97. The third-order valence-electron chi connectivity index (χ3n) is 7.82. The first-order chi connectivity index (χ1) is 18.5. The highest BCUT2D eigenvalue weighted by atomic mass is 16.5. The number of rotatable bonds is 15. The molecule has 0 aliphatic carbocycles. The van der Waals surface area contributed by atoms with Gasteiger partial charge in [-0.3, -0.25) is 14.7 Å². The summed E-state index contributed by atoms with van der Waals surface area (Å²) in [6.07, 6.45) is 3.75. The molecular weight excluding hydrogens is 484 g/mol. The number of hydrogen-bond acceptors (Lipinski definition) is 10. The summed E-state index contributed by atoms with van der Waals surface area (Å²) in [5.74, 6) is 1.73. The van der Waals surface area contributed by atoms with Gasteiger partial charge in [0.15, 0.2) is 0 Å². The van der Waals surface area contributed by atoms with Crippen LogP contribution in [0.5, 0.6) is 0 Å². The molecule has 0 N–H and O–H groups in total. The Hall–Kier alpha value is -1.82. The van der Waals surface area contributed by atoms with Crippen LogP contribution in [-0.4, -0.2) is 135 Å². The van der Waals surface area contributed by atoms with Gasteiger partial charge in [-0.2, -0.15) is 0 Å². The zero-order valence-electron chi connectivity index (χ0n) is 23.9. The molecule has 0 saturated carbocycles. The molecule has 0 bridgehead atoms. The lowest BCUT2D eigenvalue weighted by atomic mass is 9.99. The van der Waals surface area contributed by atoms with Gasteiger partial charge < -0.3 is 23.4 Å². The average molecular weight is 533 g/mol. The Morgan fingerprint density at radius 3 is 2.21 bits per heavy atom. The lowest BCUT2D eigenvalue weighted by Gasteiger charge is -2.50. The highest BCUT2D eigenvalue weighted by molar-refractivity contribution is 5.04. The van der Waals surface area contributed by atoms with Gasteiger partial charge >= 0.3 is 0 Å². The van der Waals surface area contributed by atoms with Crippen molar-refractivity contribution in [2.45, 2.75) is 51.6 Å². The Morgan fingerprint density at radius 1 is 0.763 bits per heavy atom. The predicted octanol–water partition coefficient (Wildman–Crippen LogP) is 2.11. The maximum Gasteiger partial charge on any atom is 0.133 e. The van der Waals surface area contributed by atoms with Crippen LogP contribution in [0.2, 0.25) is 0 Å². The lowest BCUT2D eigenvalue weighted by Crippen LogP contribution is -2.65. The smallest absolute Gasteiger partial charge is 0.133 e. The third kappa shape index (κ3) is 9.14. The molecule has 4 heterocycles. The monoisotopic (exact) mass is 532 g/mol. The molecule has 214 valence electrons. The van der Waals surface area contributed by atoms with E-state index in [9.17, 15) is 0 Å². The van der Waals surface area contributed by atoms with Crippen LogP contribution < -0.4 is 0 Å². The van der Waals surface area contributed by atoms with Gasteiger partial charge in [0.2, 0.25) is 0 Å². The van der Waals surface area contributed by atoms with Gasteiger partial charge in [0.25, 0.3) is 0 Å². The minimum atomic E-state index is 0.526. The molecule has 10 heteroatoms. The van der Waals surface area contributed by atoms with E-state index in [-0.39, 0.29) is 0 Å². The summed E-state index contributed by atoms with van der Waals surface area (Å²) in [7, 11) is 4.56. The summed E-state index contributed by atoms with van der Waals surface area (Å²) in [5, 5.41) is 8.10. The van der Waals surface area contributed by atoms with E-state index in [0.29, 0.717) is 18.7 Å². The van der Waals surface area contributed by atoms with Crippen LogP contribution in [0, 0.1) is 13.8 Å². The van der Waals surface area contributed by atoms with Gasteiger partial charge in [-0.15, -0.1) is 0 Å². The summed E-state index contributed by atoms with van der Waals surface area (Å²) < 4.78 is 22.2. The van der Waals surface area contributed by atoms with Crippen molar-refractivity contribution in [2.75, 3.05) is 92.9 Å². The van der Waals surface area contributed by atoms with E-state index in [4.69, 9.17) is 18.5 Å². The SMILES string of the molecule is Cc1cc(CCCOCCN2CCN(C)C(C3CN(C)CCN3CCCOCCc3cc(C)on3)C2)no1. The summed E-state index contributed by atoms with van der Waals surface area (Å²) >= 11 is 0. The van der Waals surface area contributed by atoms with Crippen molar-refractivity contribution in [3.05, 3.63) is 35.0 Å². The second-order valence-electron chi connectivity index (χ2n) is 11.0. The lowest BCUT2D eigenvalue weighted by molar-refractivity contribution is -0.0153. The zero-order chi connectivity index (χ0) is 26.7. The van der Waals surface area contributed by atoms with Crippen LogP contribution in [0.15, 0.2) is 21.2 Å². The number of piperazine rings is 2. The van der Waals surface area contributed by atoms with Gasteiger partial charge in [-0.1, -0.05) is 10.3 Å². The van der Waals surface area contributed by atoms with Gasteiger partial charge in [0.05, 0.1) is 24.6 Å². The van der Waals surface area contributed by atoms with Crippen LogP contribution in [-0.2, 0) is 22.3 Å². The molecule has 10 nitrogen and oxygen atoms in total. The fraction of sp³-hybridized carbons (Fsp3) is 0.786. The number of ether oxygens (including phenoxy) is 2. The molecule has 2 aliphatic rings. The number of nitrogens with zero attached hydrogens (tertiary/aromatic N) is 6. The second kappa shape index (κ2) is 15.1. The quantitative estimate of drug-likeness (QED) is 0.318. The van der Waals surface area contributed by atoms with E-state index in [2.05, 4.69) is 44.0 Å². The Kier molecular flexibility index (Phi) is 11.6. The molecule has 2 unspecified atom stereocenters. The second-order valence-corrected chi connectivity index (χ2v) is 11.0. The largest absolute Gasteiger partial charge is 0.381 e. The minimum absolute atomic E-state index is 0.526. The fourth-order valence-corrected chi connectivity index (χ4v) is 5.58. The standard InChI is InChI=1S/C28H48N6O4/c1-23-19-25(29-37-23)7-5-15-36-18-14-33-12-11-32(4)27(22-33)28-21-31(3)10-13-34(28)9-6-16-35-17-8-26-20-24(2)38-30-26/h19-20,27-28H,5-18,21-22H2,1-4H3. The molecule has 0 aromatic carbocycles. The summed E-state index contributed by atoms with van der Waals surface area (Å²) in [6, 6.07) is 5.05. The summed E-state index contributed by atoms with van der Waals surface area (Å²) in [5.41, 5.74) is 1.99. The number of aryl methyl sites for hydroxylation is 3. The summed E-state index contributed by atoms with van der Waals surface area (Å²) in [6.45, 7) is 15.6. The van der Waals surface area contributed by atoms with Crippen LogP contribution in [0.4, 0.5) is 0 Å². The molecule has 2 aliphatic heterocycles. The topological polar surface area (TPSA) is 83.5 Å². The van der Waals surface area contributed by atoms with Crippen molar-refractivity contribution < 1.29 is 18.5 Å². The average Bonchev–Trinajstić information content (AvgIpc) is 3.52. The van der Waals surface area contributed by atoms with Crippen LogP contribution >= 0.6 is 0 Å². The fourth-order valence-electron chi connectivity index (χ4n) is 5.58. The molecule has 2 atom stereocenters. The molecule has 0 spiro atoms. The van der Waals surface area contributed by atoms with Crippen LogP contribution in [0.3, 0.4) is 0 Å². The van der Waals surface area contributed by atoms with E-state index >= 15 is 0 Å². The van der Waals surface area contributed by atoms with Crippen molar-refractivity contribution in [1.29, 1.82) is 0 Å². The van der Waals surface area contributed by atoms with E-state index in [1.54, 1.807) is 0 Å². The zero-order valence-corrected chi connectivity index (χ0v) is 23.9. The van der Waals surface area contributed by atoms with Crippen LogP contribution in [0.1, 0.15) is 35.7 Å². The van der Waals surface area contributed by atoms with Crippen molar-refractivity contribution in [1.82, 2.24) is 29.9 Å². The molecule has 0 radical (unpaired) electrons. The van der Waals surface area contributed by atoms with Crippen molar-refractivity contribution in [3.8, 4) is 0 Å². The highest BCUT2D eigenvalue weighted by Gasteiger charge is 2.36. The first-order valence-corrected chi connectivity index (χ1v) is 14.3. The van der Waals surface area contributed by atoms with Gasteiger partial charge in [-0.05, 0) is 47.2 Å². The van der Waals surface area contributed by atoms with Crippen molar-refractivity contribution >= 4 is 0 Å². The van der Waals surface area contributed by atoms with Crippen molar-refractivity contribution in [2.24, 2.45) is 0 Å². The van der Waals surface area contributed by atoms with Crippen LogP contribution in [0.25, 0.3) is 0 Å². The molecule has 2 aromatic rings. The number of likely N-dealkylation sites (N-methyl/N-ethyl adjacent to an activating group) is 2. The molecular formula is C28H48N6O4.